The molecule has 0 aromatic carbocycles. The zero-order chi connectivity index (χ0) is 14.3. The molecule has 0 aliphatic rings. The van der Waals surface area contributed by atoms with Gasteiger partial charge in [0.1, 0.15) is 5.56 Å². The minimum Gasteiger partial charge on any atom is -0.352 e. The van der Waals surface area contributed by atoms with Crippen molar-refractivity contribution >= 4 is 21.8 Å². The number of rotatable bonds is 7. The van der Waals surface area contributed by atoms with Crippen LogP contribution in [-0.2, 0) is 6.42 Å². The summed E-state index contributed by atoms with van der Waals surface area (Å²) in [5, 5.41) is 2.77. The van der Waals surface area contributed by atoms with Crippen molar-refractivity contribution in [1.29, 1.82) is 0 Å². The van der Waals surface area contributed by atoms with E-state index in [4.69, 9.17) is 0 Å². The van der Waals surface area contributed by atoms with Crippen molar-refractivity contribution in [3.05, 3.63) is 32.2 Å². The Labute approximate surface area is 122 Å². The van der Waals surface area contributed by atoms with E-state index in [1.165, 1.54) is 0 Å². The summed E-state index contributed by atoms with van der Waals surface area (Å²) in [6.07, 6.45) is 4.85. The van der Waals surface area contributed by atoms with Gasteiger partial charge in [-0.25, -0.2) is 0 Å². The molecule has 0 unspecified atom stereocenters. The number of aryl methyl sites for hydroxylation is 1. The van der Waals surface area contributed by atoms with Gasteiger partial charge in [0.15, 0.2) is 0 Å². The number of unbranched alkanes of at least 4 members (excludes halogenated alkanes) is 2. The molecule has 19 heavy (non-hydrogen) atoms. The van der Waals surface area contributed by atoms with Gasteiger partial charge in [0, 0.05) is 16.7 Å². The quantitative estimate of drug-likeness (QED) is 0.756. The number of H-pyrrole nitrogens is 1. The van der Waals surface area contributed by atoms with Crippen molar-refractivity contribution in [2.24, 2.45) is 0 Å². The maximum absolute atomic E-state index is 11.9. The number of amides is 1. The molecule has 1 aromatic heterocycles. The van der Waals surface area contributed by atoms with Gasteiger partial charge in [-0.2, -0.15) is 0 Å². The normalized spacial score (nSPS) is 10.5. The molecule has 0 saturated heterocycles. The van der Waals surface area contributed by atoms with Crippen molar-refractivity contribution in [2.75, 3.05) is 6.54 Å². The first-order valence-corrected chi connectivity index (χ1v) is 7.59. The van der Waals surface area contributed by atoms with Crippen LogP contribution in [-0.4, -0.2) is 17.4 Å². The van der Waals surface area contributed by atoms with Crippen LogP contribution >= 0.6 is 15.9 Å². The molecule has 1 heterocycles. The second-order valence-corrected chi connectivity index (χ2v) is 5.41. The number of pyridine rings is 1. The van der Waals surface area contributed by atoms with E-state index in [1.807, 2.05) is 6.92 Å². The largest absolute Gasteiger partial charge is 0.352 e. The summed E-state index contributed by atoms with van der Waals surface area (Å²) in [7, 11) is 0. The summed E-state index contributed by atoms with van der Waals surface area (Å²) in [6.45, 7) is 4.76. The molecular weight excluding hydrogens is 308 g/mol. The zero-order valence-corrected chi connectivity index (χ0v) is 13.1. The second kappa shape index (κ2) is 8.15. The third-order valence-corrected chi connectivity index (χ3v) is 3.59. The van der Waals surface area contributed by atoms with Crippen LogP contribution in [0, 0.1) is 0 Å². The van der Waals surface area contributed by atoms with E-state index in [0.29, 0.717) is 6.54 Å². The molecule has 0 aliphatic carbocycles. The summed E-state index contributed by atoms with van der Waals surface area (Å²) in [5.41, 5.74) is 0.693. The van der Waals surface area contributed by atoms with E-state index in [2.05, 4.69) is 33.2 Å². The number of carbonyl (C=O) groups excluding carboxylic acids is 1. The van der Waals surface area contributed by atoms with Crippen LogP contribution in [0.1, 0.15) is 55.6 Å². The highest BCUT2D eigenvalue weighted by molar-refractivity contribution is 9.10. The molecule has 1 aromatic rings. The van der Waals surface area contributed by atoms with Crippen LogP contribution in [0.15, 0.2) is 15.3 Å². The predicted molar refractivity (Wildman–Crippen MR) is 80.6 cm³/mol. The van der Waals surface area contributed by atoms with Gasteiger partial charge in [-0.05, 0) is 34.8 Å². The Balaban J connectivity index is 2.75. The molecular formula is C14H21BrN2O2. The number of aromatic amines is 1. The molecule has 1 amide bonds. The highest BCUT2D eigenvalue weighted by atomic mass is 79.9. The third-order valence-electron chi connectivity index (χ3n) is 2.88. The van der Waals surface area contributed by atoms with E-state index < -0.39 is 0 Å². The summed E-state index contributed by atoms with van der Waals surface area (Å²) in [5.74, 6) is -0.305. The topological polar surface area (TPSA) is 62.0 Å². The fraction of sp³-hybridized carbons (Fsp3) is 0.571. The van der Waals surface area contributed by atoms with Crippen LogP contribution in [0.5, 0.6) is 0 Å². The third kappa shape index (κ3) is 4.82. The van der Waals surface area contributed by atoms with Crippen molar-refractivity contribution < 1.29 is 4.79 Å². The van der Waals surface area contributed by atoms with Crippen LogP contribution in [0.25, 0.3) is 0 Å². The highest BCUT2D eigenvalue weighted by Gasteiger charge is 2.12. The lowest BCUT2D eigenvalue weighted by Gasteiger charge is -2.07. The number of aromatic nitrogens is 1. The Kier molecular flexibility index (Phi) is 6.84. The first-order valence-electron chi connectivity index (χ1n) is 6.80. The minimum absolute atomic E-state index is 0.170. The van der Waals surface area contributed by atoms with Gasteiger partial charge in [-0.3, -0.25) is 9.59 Å². The van der Waals surface area contributed by atoms with Crippen molar-refractivity contribution in [1.82, 2.24) is 10.3 Å². The molecule has 5 heteroatoms. The predicted octanol–water partition coefficient (Wildman–Crippen LogP) is 3.01. The van der Waals surface area contributed by atoms with Gasteiger partial charge in [-0.1, -0.05) is 33.1 Å². The first kappa shape index (κ1) is 16.0. The maximum atomic E-state index is 11.9. The average Bonchev–Trinajstić information content (AvgIpc) is 2.38. The van der Waals surface area contributed by atoms with Crippen LogP contribution in [0.2, 0.25) is 0 Å². The van der Waals surface area contributed by atoms with Gasteiger partial charge in [0.2, 0.25) is 0 Å². The number of halogens is 1. The van der Waals surface area contributed by atoms with Crippen LogP contribution in [0.3, 0.4) is 0 Å². The van der Waals surface area contributed by atoms with Gasteiger partial charge in [0.25, 0.3) is 11.5 Å². The number of nitrogens with one attached hydrogen (secondary N) is 2. The van der Waals surface area contributed by atoms with Gasteiger partial charge < -0.3 is 10.3 Å². The zero-order valence-electron chi connectivity index (χ0n) is 11.5. The summed E-state index contributed by atoms with van der Waals surface area (Å²) in [4.78, 5) is 26.5. The first-order chi connectivity index (χ1) is 9.10. The molecule has 106 valence electrons. The lowest BCUT2D eigenvalue weighted by atomic mass is 10.2. The molecule has 0 bridgehead atoms. The summed E-state index contributed by atoms with van der Waals surface area (Å²) in [6, 6.07) is 1.61. The van der Waals surface area contributed by atoms with Gasteiger partial charge in [-0.15, -0.1) is 0 Å². The van der Waals surface area contributed by atoms with Gasteiger partial charge >= 0.3 is 0 Å². The van der Waals surface area contributed by atoms with Crippen molar-refractivity contribution in [3.63, 3.8) is 0 Å². The van der Waals surface area contributed by atoms with Gasteiger partial charge in [0.05, 0.1) is 0 Å². The highest BCUT2D eigenvalue weighted by Crippen LogP contribution is 2.15. The van der Waals surface area contributed by atoms with Crippen molar-refractivity contribution in [2.45, 2.75) is 46.0 Å². The monoisotopic (exact) mass is 328 g/mol. The second-order valence-electron chi connectivity index (χ2n) is 4.55. The molecule has 0 aliphatic heterocycles. The molecule has 0 spiro atoms. The Hall–Kier alpha value is -1.10. The minimum atomic E-state index is -0.320. The molecule has 4 nitrogen and oxygen atoms in total. The molecule has 1 rings (SSSR count). The van der Waals surface area contributed by atoms with E-state index in [1.54, 1.807) is 6.07 Å². The Morgan fingerprint density at radius 2 is 2.05 bits per heavy atom. The molecule has 2 N–H and O–H groups in total. The standard InChI is InChI=1S/C14H21BrN2O2/c1-3-5-6-8-16-13(18)10-9-11(15)12(7-4-2)17-14(10)19/h9H,3-8H2,1-2H3,(H,16,18)(H,17,19). The summed E-state index contributed by atoms with van der Waals surface area (Å²) < 4.78 is 0.785. The molecule has 0 fully saturated rings. The Morgan fingerprint density at radius 1 is 1.32 bits per heavy atom. The smallest absolute Gasteiger partial charge is 0.261 e. The number of carbonyl (C=O) groups is 1. The average molecular weight is 329 g/mol. The lowest BCUT2D eigenvalue weighted by molar-refractivity contribution is 0.0951. The van der Waals surface area contributed by atoms with E-state index in [9.17, 15) is 9.59 Å². The van der Waals surface area contributed by atoms with Crippen LogP contribution in [0.4, 0.5) is 0 Å². The van der Waals surface area contributed by atoms with E-state index in [0.717, 1.165) is 42.3 Å². The fourth-order valence-corrected chi connectivity index (χ4v) is 2.34. The number of hydrogen-bond donors (Lipinski definition) is 2. The summed E-state index contributed by atoms with van der Waals surface area (Å²) >= 11 is 3.39. The molecule has 0 radical (unpaired) electrons. The molecule has 0 saturated carbocycles. The Bertz CT molecular complexity index is 483. The number of hydrogen-bond acceptors (Lipinski definition) is 2. The Morgan fingerprint density at radius 3 is 2.68 bits per heavy atom. The lowest BCUT2D eigenvalue weighted by Crippen LogP contribution is -2.30. The van der Waals surface area contributed by atoms with Crippen LogP contribution < -0.4 is 10.9 Å². The van der Waals surface area contributed by atoms with E-state index >= 15 is 0 Å². The molecule has 0 atom stereocenters. The SMILES string of the molecule is CCCCCNC(=O)c1cc(Br)c(CCC)[nH]c1=O. The maximum Gasteiger partial charge on any atom is 0.261 e. The van der Waals surface area contributed by atoms with E-state index in [-0.39, 0.29) is 17.0 Å². The van der Waals surface area contributed by atoms with Crippen molar-refractivity contribution in [3.8, 4) is 0 Å². The fourth-order valence-electron chi connectivity index (χ4n) is 1.82.